The zero-order chi connectivity index (χ0) is 21.8. The first-order valence-corrected chi connectivity index (χ1v) is 10.8. The Morgan fingerprint density at radius 2 is 1.53 bits per heavy atom. The van der Waals surface area contributed by atoms with Gasteiger partial charge in [0, 0.05) is 22.2 Å². The molecule has 0 bridgehead atoms. The molecule has 156 valence electrons. The van der Waals surface area contributed by atoms with Gasteiger partial charge in [0.1, 0.15) is 28.5 Å². The van der Waals surface area contributed by atoms with Crippen LogP contribution in [0.5, 0.6) is 11.5 Å². The first-order chi connectivity index (χ1) is 15.8. The number of nitrogens with zero attached hydrogens (tertiary/aromatic N) is 3. The van der Waals surface area contributed by atoms with Crippen LogP contribution in [0.4, 0.5) is 17.2 Å². The highest BCUT2D eigenvalue weighted by Gasteiger charge is 2.12. The molecule has 0 unspecified atom stereocenters. The summed E-state index contributed by atoms with van der Waals surface area (Å²) in [7, 11) is 0. The van der Waals surface area contributed by atoms with E-state index >= 15 is 0 Å². The maximum Gasteiger partial charge on any atom is 0.158 e. The van der Waals surface area contributed by atoms with E-state index in [1.807, 2.05) is 84.9 Å². The minimum Gasteiger partial charge on any atom is -0.457 e. The van der Waals surface area contributed by atoms with Crippen LogP contribution in [0.2, 0.25) is 0 Å². The molecular weight excluding hydrogens is 418 g/mol. The van der Waals surface area contributed by atoms with Gasteiger partial charge in [0.25, 0.3) is 0 Å². The van der Waals surface area contributed by atoms with Gasteiger partial charge in [-0.1, -0.05) is 48.2 Å². The van der Waals surface area contributed by atoms with Crippen molar-refractivity contribution >= 4 is 39.9 Å². The predicted molar refractivity (Wildman–Crippen MR) is 129 cm³/mol. The summed E-state index contributed by atoms with van der Waals surface area (Å²) in [6.07, 6.45) is 3.29. The molecule has 0 saturated heterocycles. The number of para-hydroxylation sites is 2. The summed E-state index contributed by atoms with van der Waals surface area (Å²) in [5, 5.41) is 5.01. The summed E-state index contributed by atoms with van der Waals surface area (Å²) in [4.78, 5) is 14.2. The smallest absolute Gasteiger partial charge is 0.158 e. The second-order valence-electron chi connectivity index (χ2n) is 6.94. The molecule has 2 aromatic heterocycles. The molecule has 2 heterocycles. The van der Waals surface area contributed by atoms with Gasteiger partial charge in [0.15, 0.2) is 5.82 Å². The van der Waals surface area contributed by atoms with Gasteiger partial charge in [-0.15, -0.1) is 0 Å². The quantitative estimate of drug-likeness (QED) is 0.302. The van der Waals surface area contributed by atoms with E-state index in [1.54, 1.807) is 6.20 Å². The molecule has 0 radical (unpaired) electrons. The summed E-state index contributed by atoms with van der Waals surface area (Å²) < 4.78 is 5.84. The molecule has 5 rings (SSSR count). The molecule has 0 aliphatic rings. The SMILES string of the molecule is Nc1c(Nc2ccc(Oc3ccccc3)cc2)ncnc1Sc1cccc2cccnc12. The highest BCUT2D eigenvalue weighted by molar-refractivity contribution is 7.99. The topological polar surface area (TPSA) is 86.0 Å². The molecule has 0 atom stereocenters. The number of nitrogen functional groups attached to an aromatic ring is 1. The fraction of sp³-hybridized carbons (Fsp3) is 0. The summed E-state index contributed by atoms with van der Waals surface area (Å²) in [5.41, 5.74) is 8.65. The standard InChI is InChI=1S/C25H19N5OS/c26-22-24(30-18-11-13-20(14-12-18)31-19-8-2-1-3-9-19)28-16-29-25(22)32-21-10-4-6-17-7-5-15-27-23(17)21/h1-16H,26H2,(H,28,29,30). The number of nitrogens with two attached hydrogens (primary N) is 1. The molecule has 6 nitrogen and oxygen atoms in total. The Morgan fingerprint density at radius 1 is 0.750 bits per heavy atom. The van der Waals surface area contributed by atoms with Crippen molar-refractivity contribution in [2.45, 2.75) is 9.92 Å². The fourth-order valence-electron chi connectivity index (χ4n) is 3.19. The third-order valence-electron chi connectivity index (χ3n) is 4.75. The molecular formula is C25H19N5OS. The maximum absolute atomic E-state index is 6.40. The number of fused-ring (bicyclic) bond motifs is 1. The molecule has 7 heteroatoms. The van der Waals surface area contributed by atoms with Crippen LogP contribution in [0.15, 0.2) is 107 Å². The molecule has 0 aliphatic heterocycles. The van der Waals surface area contributed by atoms with Crippen molar-refractivity contribution in [3.05, 3.63) is 97.5 Å². The van der Waals surface area contributed by atoms with Crippen LogP contribution < -0.4 is 15.8 Å². The molecule has 3 aromatic carbocycles. The number of hydrogen-bond acceptors (Lipinski definition) is 7. The first kappa shape index (κ1) is 19.8. The second-order valence-corrected chi connectivity index (χ2v) is 7.97. The third-order valence-corrected chi connectivity index (χ3v) is 5.81. The summed E-state index contributed by atoms with van der Waals surface area (Å²) in [6, 6.07) is 27.3. The second kappa shape index (κ2) is 8.95. The van der Waals surface area contributed by atoms with Crippen molar-refractivity contribution in [1.82, 2.24) is 15.0 Å². The van der Waals surface area contributed by atoms with Gasteiger partial charge in [-0.25, -0.2) is 9.97 Å². The van der Waals surface area contributed by atoms with Crippen molar-refractivity contribution in [2.75, 3.05) is 11.1 Å². The lowest BCUT2D eigenvalue weighted by molar-refractivity contribution is 0.483. The number of ether oxygens (including phenoxy) is 1. The van der Waals surface area contributed by atoms with E-state index in [4.69, 9.17) is 10.5 Å². The van der Waals surface area contributed by atoms with Crippen LogP contribution in [0, 0.1) is 0 Å². The predicted octanol–water partition coefficient (Wildman–Crippen LogP) is 6.29. The first-order valence-electron chi connectivity index (χ1n) is 9.98. The molecule has 3 N–H and O–H groups in total. The average molecular weight is 438 g/mol. The van der Waals surface area contributed by atoms with Gasteiger partial charge < -0.3 is 15.8 Å². The lowest BCUT2D eigenvalue weighted by atomic mass is 10.2. The Bertz CT molecular complexity index is 1360. The Kier molecular flexibility index (Phi) is 5.55. The van der Waals surface area contributed by atoms with E-state index in [0.29, 0.717) is 16.5 Å². The van der Waals surface area contributed by atoms with Crippen molar-refractivity contribution in [3.8, 4) is 11.5 Å². The normalized spacial score (nSPS) is 10.8. The minimum absolute atomic E-state index is 0.482. The van der Waals surface area contributed by atoms with Gasteiger partial charge in [-0.3, -0.25) is 4.98 Å². The van der Waals surface area contributed by atoms with E-state index in [-0.39, 0.29) is 0 Å². The number of nitrogens with one attached hydrogen (secondary N) is 1. The van der Waals surface area contributed by atoms with Crippen molar-refractivity contribution in [2.24, 2.45) is 0 Å². The van der Waals surface area contributed by atoms with Gasteiger partial charge in [0.2, 0.25) is 0 Å². The largest absolute Gasteiger partial charge is 0.457 e. The zero-order valence-electron chi connectivity index (χ0n) is 17.0. The van der Waals surface area contributed by atoms with Crippen LogP contribution in [0.1, 0.15) is 0 Å². The van der Waals surface area contributed by atoms with Crippen LogP contribution >= 0.6 is 11.8 Å². The summed E-state index contributed by atoms with van der Waals surface area (Å²) >= 11 is 1.47. The van der Waals surface area contributed by atoms with Gasteiger partial charge in [-0.05, 0) is 48.5 Å². The third kappa shape index (κ3) is 4.33. The summed E-state index contributed by atoms with van der Waals surface area (Å²) in [5.74, 6) is 2.09. The average Bonchev–Trinajstić information content (AvgIpc) is 2.84. The Morgan fingerprint density at radius 3 is 2.38 bits per heavy atom. The van der Waals surface area contributed by atoms with Crippen LogP contribution in [-0.2, 0) is 0 Å². The molecule has 0 spiro atoms. The van der Waals surface area contributed by atoms with Crippen molar-refractivity contribution < 1.29 is 4.74 Å². The highest BCUT2D eigenvalue weighted by atomic mass is 32.2. The molecule has 0 amide bonds. The molecule has 0 saturated carbocycles. The lowest BCUT2D eigenvalue weighted by Gasteiger charge is -2.12. The molecule has 0 aliphatic carbocycles. The van der Waals surface area contributed by atoms with E-state index in [1.165, 1.54) is 18.1 Å². The number of aromatic nitrogens is 3. The number of anilines is 3. The van der Waals surface area contributed by atoms with E-state index in [2.05, 4.69) is 20.3 Å². The lowest BCUT2D eigenvalue weighted by Crippen LogP contribution is -2.02. The Labute approximate surface area is 189 Å². The molecule has 5 aromatic rings. The number of benzene rings is 3. The van der Waals surface area contributed by atoms with Crippen LogP contribution in [-0.4, -0.2) is 15.0 Å². The van der Waals surface area contributed by atoms with E-state index < -0.39 is 0 Å². The van der Waals surface area contributed by atoms with Gasteiger partial charge in [-0.2, -0.15) is 0 Å². The maximum atomic E-state index is 6.40. The van der Waals surface area contributed by atoms with E-state index in [9.17, 15) is 0 Å². The number of rotatable bonds is 6. The Hall–Kier alpha value is -4.10. The van der Waals surface area contributed by atoms with Gasteiger partial charge in [0.05, 0.1) is 5.52 Å². The zero-order valence-corrected chi connectivity index (χ0v) is 17.8. The van der Waals surface area contributed by atoms with Crippen molar-refractivity contribution in [1.29, 1.82) is 0 Å². The van der Waals surface area contributed by atoms with E-state index in [0.717, 1.165) is 33.0 Å². The van der Waals surface area contributed by atoms with Crippen LogP contribution in [0.3, 0.4) is 0 Å². The number of hydrogen-bond donors (Lipinski definition) is 2. The summed E-state index contributed by atoms with van der Waals surface area (Å²) in [6.45, 7) is 0. The van der Waals surface area contributed by atoms with Gasteiger partial charge >= 0.3 is 0 Å². The highest BCUT2D eigenvalue weighted by Crippen LogP contribution is 2.37. The number of pyridine rings is 1. The monoisotopic (exact) mass is 437 g/mol. The van der Waals surface area contributed by atoms with Crippen LogP contribution in [0.25, 0.3) is 10.9 Å². The Balaban J connectivity index is 1.34. The minimum atomic E-state index is 0.482. The fourth-order valence-corrected chi connectivity index (χ4v) is 4.12. The molecule has 32 heavy (non-hydrogen) atoms. The molecule has 0 fully saturated rings. The van der Waals surface area contributed by atoms with Crippen molar-refractivity contribution in [3.63, 3.8) is 0 Å².